The Morgan fingerprint density at radius 1 is 0.902 bits per heavy atom. The number of rotatable bonds is 6. The molecule has 0 atom stereocenters. The van der Waals surface area contributed by atoms with Crippen molar-refractivity contribution in [2.45, 2.75) is 38.8 Å². The Balaban J connectivity index is 1.06. The number of benzene rings is 2. The molecule has 1 amide bonds. The maximum Gasteiger partial charge on any atom is 0.270 e. The minimum absolute atomic E-state index is 0.107. The van der Waals surface area contributed by atoms with Crippen LogP contribution in [0.15, 0.2) is 60.9 Å². The molecular formula is C33H37N7O. The maximum atomic E-state index is 13.6. The monoisotopic (exact) mass is 547 g/mol. The van der Waals surface area contributed by atoms with Crippen LogP contribution in [0.4, 0.5) is 0 Å². The summed E-state index contributed by atoms with van der Waals surface area (Å²) in [6.45, 7) is 8.87. The topological polar surface area (TPSA) is 81.3 Å². The van der Waals surface area contributed by atoms with E-state index >= 15 is 0 Å². The fraction of sp³-hybridized carbons (Fsp3) is 0.394. The van der Waals surface area contributed by atoms with E-state index < -0.39 is 0 Å². The number of amides is 1. The molecule has 0 saturated carbocycles. The number of carbonyl (C=O) groups excluding carboxylic acids is 1. The predicted octanol–water partition coefficient (Wildman–Crippen LogP) is 4.49. The largest absolute Gasteiger partial charge is 0.340 e. The van der Waals surface area contributed by atoms with E-state index in [0.29, 0.717) is 24.6 Å². The van der Waals surface area contributed by atoms with Gasteiger partial charge in [-0.15, -0.1) is 0 Å². The molecule has 2 aliphatic rings. The van der Waals surface area contributed by atoms with Gasteiger partial charge in [0.25, 0.3) is 5.91 Å². The molecule has 0 N–H and O–H groups in total. The Morgan fingerprint density at radius 2 is 1.63 bits per heavy atom. The molecule has 2 saturated heterocycles. The second-order valence-electron chi connectivity index (χ2n) is 11.5. The van der Waals surface area contributed by atoms with Gasteiger partial charge in [-0.1, -0.05) is 24.3 Å². The number of aryl methyl sites for hydroxylation is 2. The summed E-state index contributed by atoms with van der Waals surface area (Å²) >= 11 is 0. The van der Waals surface area contributed by atoms with E-state index in [1.54, 1.807) is 0 Å². The minimum atomic E-state index is 0.107. The van der Waals surface area contributed by atoms with Gasteiger partial charge in [-0.2, -0.15) is 5.26 Å². The van der Waals surface area contributed by atoms with Crippen molar-refractivity contribution in [1.29, 1.82) is 5.26 Å². The van der Waals surface area contributed by atoms with Crippen LogP contribution in [0.2, 0.25) is 0 Å². The highest BCUT2D eigenvalue weighted by atomic mass is 16.2. The number of fused-ring (bicyclic) bond motifs is 1. The van der Waals surface area contributed by atoms with Gasteiger partial charge in [0.05, 0.1) is 23.0 Å². The molecule has 0 spiro atoms. The number of nitriles is 1. The molecule has 8 nitrogen and oxygen atoms in total. The lowest BCUT2D eigenvalue weighted by atomic mass is 9.89. The molecular weight excluding hydrogens is 510 g/mol. The van der Waals surface area contributed by atoms with Crippen molar-refractivity contribution in [3.8, 4) is 6.07 Å². The van der Waals surface area contributed by atoms with E-state index in [1.165, 1.54) is 11.1 Å². The Bertz CT molecular complexity index is 1550. The molecule has 0 unspecified atom stereocenters. The molecule has 4 heterocycles. The molecule has 2 aromatic heterocycles. The first kappa shape index (κ1) is 27.1. The first-order valence-corrected chi connectivity index (χ1v) is 14.6. The number of piperazine rings is 1. The molecule has 2 aromatic carbocycles. The van der Waals surface area contributed by atoms with Crippen molar-refractivity contribution < 1.29 is 4.79 Å². The summed E-state index contributed by atoms with van der Waals surface area (Å²) in [5.41, 5.74) is 7.11. The number of aromatic nitrogens is 3. The SMILES string of the molecule is Cc1cnc(CN2CCC(c3ccc4cc(C(=O)N5CCN(Cc6ccc(C#N)cc6)CC5)n(C)c4c3)CC2)cn1. The van der Waals surface area contributed by atoms with Gasteiger partial charge < -0.3 is 9.47 Å². The molecule has 8 heteroatoms. The van der Waals surface area contributed by atoms with Crippen LogP contribution in [0.3, 0.4) is 0 Å². The zero-order chi connectivity index (χ0) is 28.3. The third-order valence-corrected chi connectivity index (χ3v) is 8.72. The number of hydrogen-bond acceptors (Lipinski definition) is 6. The Kier molecular flexibility index (Phi) is 7.82. The van der Waals surface area contributed by atoms with Crippen LogP contribution < -0.4 is 0 Å². The summed E-state index contributed by atoms with van der Waals surface area (Å²) < 4.78 is 2.08. The second kappa shape index (κ2) is 11.8. The Labute approximate surface area is 241 Å². The van der Waals surface area contributed by atoms with E-state index in [2.05, 4.69) is 54.7 Å². The molecule has 210 valence electrons. The van der Waals surface area contributed by atoms with Crippen molar-refractivity contribution in [2.24, 2.45) is 7.05 Å². The fourth-order valence-corrected chi connectivity index (χ4v) is 6.17. The average Bonchev–Trinajstić information content (AvgIpc) is 3.34. The van der Waals surface area contributed by atoms with Gasteiger partial charge in [-0.05, 0) is 74.2 Å². The van der Waals surface area contributed by atoms with Crippen LogP contribution in [0.5, 0.6) is 0 Å². The molecule has 0 bridgehead atoms. The Morgan fingerprint density at radius 3 is 2.32 bits per heavy atom. The van der Waals surface area contributed by atoms with Gasteiger partial charge in [-0.3, -0.25) is 24.6 Å². The number of nitrogens with zero attached hydrogens (tertiary/aromatic N) is 7. The number of likely N-dealkylation sites (tertiary alicyclic amines) is 1. The van der Waals surface area contributed by atoms with E-state index in [1.807, 2.05) is 55.5 Å². The average molecular weight is 548 g/mol. The maximum absolute atomic E-state index is 13.6. The van der Waals surface area contributed by atoms with E-state index in [-0.39, 0.29) is 5.91 Å². The first-order chi connectivity index (χ1) is 20.0. The molecule has 6 rings (SSSR count). The highest BCUT2D eigenvalue weighted by Crippen LogP contribution is 2.32. The molecule has 2 aliphatic heterocycles. The van der Waals surface area contributed by atoms with Crippen LogP contribution in [-0.2, 0) is 20.1 Å². The lowest BCUT2D eigenvalue weighted by Gasteiger charge is -2.34. The predicted molar refractivity (Wildman–Crippen MR) is 159 cm³/mol. The summed E-state index contributed by atoms with van der Waals surface area (Å²) in [5, 5.41) is 10.1. The number of piperidine rings is 1. The summed E-state index contributed by atoms with van der Waals surface area (Å²) in [5.74, 6) is 0.633. The minimum Gasteiger partial charge on any atom is -0.340 e. The normalized spacial score (nSPS) is 17.1. The van der Waals surface area contributed by atoms with Crippen molar-refractivity contribution >= 4 is 16.8 Å². The zero-order valence-corrected chi connectivity index (χ0v) is 24.0. The Hall–Kier alpha value is -4.06. The summed E-state index contributed by atoms with van der Waals surface area (Å²) in [6, 6.07) is 18.7. The summed E-state index contributed by atoms with van der Waals surface area (Å²) in [7, 11) is 2.02. The first-order valence-electron chi connectivity index (χ1n) is 14.6. The van der Waals surface area contributed by atoms with Gasteiger partial charge in [-0.25, -0.2) is 0 Å². The third kappa shape index (κ3) is 6.02. The summed E-state index contributed by atoms with van der Waals surface area (Å²) in [6.07, 6.45) is 5.97. The lowest BCUT2D eigenvalue weighted by Crippen LogP contribution is -2.48. The van der Waals surface area contributed by atoms with Gasteiger partial charge in [0.15, 0.2) is 0 Å². The standard InChI is InChI=1S/C33H37N7O/c1-24-20-36-30(21-35-24)23-38-11-9-27(10-12-38)28-7-8-29-18-32(37(2)31(29)17-28)33(41)40-15-13-39(14-16-40)22-26-5-3-25(19-34)4-6-26/h3-8,17-18,20-21,27H,9-16,22-23H2,1-2H3. The van der Waals surface area contributed by atoms with Crippen LogP contribution in [0, 0.1) is 18.3 Å². The summed E-state index contributed by atoms with van der Waals surface area (Å²) in [4.78, 5) is 29.3. The van der Waals surface area contributed by atoms with Crippen molar-refractivity contribution in [1.82, 2.24) is 29.2 Å². The van der Waals surface area contributed by atoms with Gasteiger partial charge in [0.2, 0.25) is 0 Å². The van der Waals surface area contributed by atoms with E-state index in [4.69, 9.17) is 5.26 Å². The molecule has 0 aliphatic carbocycles. The molecule has 41 heavy (non-hydrogen) atoms. The number of carbonyl (C=O) groups is 1. The van der Waals surface area contributed by atoms with Gasteiger partial charge >= 0.3 is 0 Å². The van der Waals surface area contributed by atoms with Crippen molar-refractivity contribution in [3.05, 3.63) is 94.7 Å². The van der Waals surface area contributed by atoms with Crippen molar-refractivity contribution in [2.75, 3.05) is 39.3 Å². The van der Waals surface area contributed by atoms with Crippen LogP contribution in [0.1, 0.15) is 57.3 Å². The lowest BCUT2D eigenvalue weighted by molar-refractivity contribution is 0.0619. The smallest absolute Gasteiger partial charge is 0.270 e. The van der Waals surface area contributed by atoms with E-state index in [0.717, 1.165) is 80.1 Å². The highest BCUT2D eigenvalue weighted by molar-refractivity contribution is 5.99. The zero-order valence-electron chi connectivity index (χ0n) is 24.0. The second-order valence-corrected chi connectivity index (χ2v) is 11.5. The van der Waals surface area contributed by atoms with Crippen molar-refractivity contribution in [3.63, 3.8) is 0 Å². The highest BCUT2D eigenvalue weighted by Gasteiger charge is 2.26. The van der Waals surface area contributed by atoms with Crippen LogP contribution in [-0.4, -0.2) is 74.4 Å². The van der Waals surface area contributed by atoms with Gasteiger partial charge in [0, 0.05) is 69.6 Å². The fourth-order valence-electron chi connectivity index (χ4n) is 6.17. The quantitative estimate of drug-likeness (QED) is 0.354. The third-order valence-electron chi connectivity index (χ3n) is 8.72. The van der Waals surface area contributed by atoms with Crippen LogP contribution in [0.25, 0.3) is 10.9 Å². The molecule has 4 aromatic rings. The molecule has 0 radical (unpaired) electrons. The molecule has 2 fully saturated rings. The van der Waals surface area contributed by atoms with Crippen LogP contribution >= 0.6 is 0 Å². The van der Waals surface area contributed by atoms with Gasteiger partial charge in [0.1, 0.15) is 5.69 Å². The van der Waals surface area contributed by atoms with E-state index in [9.17, 15) is 4.79 Å². The number of hydrogen-bond donors (Lipinski definition) is 0.